The molecule has 1 aliphatic rings. The van der Waals surface area contributed by atoms with Crippen LogP contribution in [0.3, 0.4) is 0 Å². The Hall–Kier alpha value is -0.860. The molecule has 1 saturated heterocycles. The van der Waals surface area contributed by atoms with Gasteiger partial charge in [-0.2, -0.15) is 0 Å². The second-order valence-electron chi connectivity index (χ2n) is 3.49. The molecule has 0 spiro atoms. The van der Waals surface area contributed by atoms with Crippen molar-refractivity contribution in [2.24, 2.45) is 0 Å². The monoisotopic (exact) mass is 177 g/mol. The van der Waals surface area contributed by atoms with E-state index >= 15 is 0 Å². The summed E-state index contributed by atoms with van der Waals surface area (Å²) in [5.41, 5.74) is 1.25. The molecule has 1 aliphatic heterocycles. The number of rotatable bonds is 3. The molecule has 1 aromatic rings. The first-order valence-electron chi connectivity index (χ1n) is 4.83. The van der Waals surface area contributed by atoms with Gasteiger partial charge in [0.15, 0.2) is 6.23 Å². The summed E-state index contributed by atoms with van der Waals surface area (Å²) in [5, 5.41) is 2.05. The highest BCUT2D eigenvalue weighted by Crippen LogP contribution is 2.39. The van der Waals surface area contributed by atoms with Gasteiger partial charge in [0.2, 0.25) is 0 Å². The smallest absolute Gasteiger partial charge is 0.180 e. The van der Waals surface area contributed by atoms with Gasteiger partial charge >= 0.3 is 0 Å². The Bertz CT molecular complexity index is 273. The highest BCUT2D eigenvalue weighted by atomic mass is 16.8. The Morgan fingerprint density at radius 3 is 2.69 bits per heavy atom. The fourth-order valence-corrected chi connectivity index (χ4v) is 1.43. The lowest BCUT2D eigenvalue weighted by Gasteiger charge is -2.04. The quantitative estimate of drug-likeness (QED) is 0.660. The van der Waals surface area contributed by atoms with Gasteiger partial charge in [-0.3, -0.25) is 4.84 Å². The lowest BCUT2D eigenvalue weighted by Crippen LogP contribution is -2.12. The van der Waals surface area contributed by atoms with E-state index in [-0.39, 0.29) is 6.23 Å². The maximum atomic E-state index is 5.49. The lowest BCUT2D eigenvalue weighted by molar-refractivity contribution is 0.152. The van der Waals surface area contributed by atoms with Crippen LogP contribution in [0.15, 0.2) is 30.3 Å². The molecule has 0 saturated carbocycles. The molecule has 1 heterocycles. The summed E-state index contributed by atoms with van der Waals surface area (Å²) in [6.45, 7) is 4.36. The van der Waals surface area contributed by atoms with Crippen LogP contribution >= 0.6 is 0 Å². The fraction of sp³-hybridized carbons (Fsp3) is 0.455. The van der Waals surface area contributed by atoms with Crippen LogP contribution in [-0.4, -0.2) is 11.1 Å². The van der Waals surface area contributed by atoms with Gasteiger partial charge in [-0.1, -0.05) is 37.3 Å². The average Bonchev–Trinajstić information content (AvgIpc) is 2.98. The number of nitrogens with zero attached hydrogens (tertiary/aromatic N) is 1. The van der Waals surface area contributed by atoms with Gasteiger partial charge in [0.05, 0.1) is 0 Å². The third-order valence-electron chi connectivity index (χ3n) is 2.52. The van der Waals surface area contributed by atoms with Crippen LogP contribution in [0.1, 0.15) is 32.1 Å². The van der Waals surface area contributed by atoms with Crippen LogP contribution in [0.25, 0.3) is 0 Å². The predicted molar refractivity (Wildman–Crippen MR) is 51.9 cm³/mol. The van der Waals surface area contributed by atoms with E-state index in [9.17, 15) is 0 Å². The molecule has 0 radical (unpaired) electrons. The van der Waals surface area contributed by atoms with Crippen LogP contribution in [0, 0.1) is 0 Å². The Morgan fingerprint density at radius 2 is 2.08 bits per heavy atom. The summed E-state index contributed by atoms with van der Waals surface area (Å²) in [5.74, 6) is 0. The molecule has 2 rings (SSSR count). The Morgan fingerprint density at radius 1 is 1.38 bits per heavy atom. The molecule has 0 bridgehead atoms. The molecule has 1 aromatic carbocycles. The first kappa shape index (κ1) is 8.73. The average molecular weight is 177 g/mol. The van der Waals surface area contributed by atoms with E-state index < -0.39 is 0 Å². The van der Waals surface area contributed by atoms with Gasteiger partial charge < -0.3 is 0 Å². The number of benzene rings is 1. The zero-order valence-corrected chi connectivity index (χ0v) is 8.10. The molecule has 1 fully saturated rings. The number of hydrogen-bond donors (Lipinski definition) is 0. The van der Waals surface area contributed by atoms with E-state index in [0.717, 1.165) is 6.42 Å². The minimum atomic E-state index is 0.205. The Balaban J connectivity index is 2.00. The van der Waals surface area contributed by atoms with E-state index in [1.54, 1.807) is 0 Å². The summed E-state index contributed by atoms with van der Waals surface area (Å²) in [4.78, 5) is 5.49. The standard InChI is InChI=1S/C11H15NO/c1-3-9(2)12-11(13-12)10-7-5-4-6-8-10/h4-9,11H,3H2,1-2H3. The minimum Gasteiger partial charge on any atom is -0.270 e. The van der Waals surface area contributed by atoms with Gasteiger partial charge in [-0.05, 0) is 18.9 Å². The summed E-state index contributed by atoms with van der Waals surface area (Å²) >= 11 is 0. The molecule has 0 aromatic heterocycles. The van der Waals surface area contributed by atoms with Gasteiger partial charge in [0.1, 0.15) is 0 Å². The van der Waals surface area contributed by atoms with Crippen molar-refractivity contribution in [3.8, 4) is 0 Å². The van der Waals surface area contributed by atoms with Crippen LogP contribution in [-0.2, 0) is 4.84 Å². The number of hydroxylamine groups is 2. The summed E-state index contributed by atoms with van der Waals surface area (Å²) in [6, 6.07) is 10.8. The second kappa shape index (κ2) is 3.48. The van der Waals surface area contributed by atoms with Crippen molar-refractivity contribution in [1.29, 1.82) is 0 Å². The van der Waals surface area contributed by atoms with Crippen LogP contribution in [0.4, 0.5) is 0 Å². The van der Waals surface area contributed by atoms with Gasteiger partial charge in [-0.25, -0.2) is 0 Å². The van der Waals surface area contributed by atoms with E-state index in [0.29, 0.717) is 6.04 Å². The molecule has 2 nitrogen and oxygen atoms in total. The van der Waals surface area contributed by atoms with Gasteiger partial charge in [0.25, 0.3) is 0 Å². The van der Waals surface area contributed by atoms with Crippen molar-refractivity contribution >= 4 is 0 Å². The van der Waals surface area contributed by atoms with Crippen molar-refractivity contribution in [3.05, 3.63) is 35.9 Å². The van der Waals surface area contributed by atoms with Gasteiger partial charge in [0, 0.05) is 6.04 Å². The molecule has 0 aliphatic carbocycles. The van der Waals surface area contributed by atoms with Crippen LogP contribution in [0.2, 0.25) is 0 Å². The minimum absolute atomic E-state index is 0.205. The van der Waals surface area contributed by atoms with Crippen LogP contribution < -0.4 is 0 Å². The first-order valence-corrected chi connectivity index (χ1v) is 4.83. The maximum absolute atomic E-state index is 5.49. The predicted octanol–water partition coefficient (Wildman–Crippen LogP) is 2.73. The lowest BCUT2D eigenvalue weighted by atomic mass is 10.2. The molecule has 0 N–H and O–H groups in total. The SMILES string of the molecule is CCC(C)N1OC1c1ccccc1. The number of hydrogen-bond acceptors (Lipinski definition) is 2. The molecule has 70 valence electrons. The van der Waals surface area contributed by atoms with Crippen molar-refractivity contribution in [1.82, 2.24) is 5.06 Å². The third-order valence-corrected chi connectivity index (χ3v) is 2.52. The van der Waals surface area contributed by atoms with Gasteiger partial charge in [-0.15, -0.1) is 5.06 Å². The van der Waals surface area contributed by atoms with Crippen molar-refractivity contribution < 1.29 is 4.84 Å². The molecular formula is C11H15NO. The summed E-state index contributed by atoms with van der Waals surface area (Å²) in [7, 11) is 0. The van der Waals surface area contributed by atoms with E-state index in [1.807, 2.05) is 18.2 Å². The van der Waals surface area contributed by atoms with E-state index in [4.69, 9.17) is 4.84 Å². The second-order valence-corrected chi connectivity index (χ2v) is 3.49. The highest BCUT2D eigenvalue weighted by Gasteiger charge is 2.40. The van der Waals surface area contributed by atoms with Crippen molar-refractivity contribution in [2.45, 2.75) is 32.5 Å². The van der Waals surface area contributed by atoms with Crippen molar-refractivity contribution in [3.63, 3.8) is 0 Å². The summed E-state index contributed by atoms with van der Waals surface area (Å²) < 4.78 is 0. The molecule has 3 atom stereocenters. The van der Waals surface area contributed by atoms with Crippen molar-refractivity contribution in [2.75, 3.05) is 0 Å². The topological polar surface area (TPSA) is 15.5 Å². The highest BCUT2D eigenvalue weighted by molar-refractivity contribution is 5.18. The molecule has 2 heteroatoms. The molecular weight excluding hydrogens is 162 g/mol. The Labute approximate surface area is 79.1 Å². The molecule has 0 amide bonds. The fourth-order valence-electron chi connectivity index (χ4n) is 1.43. The Kier molecular flexibility index (Phi) is 2.34. The molecule has 13 heavy (non-hydrogen) atoms. The van der Waals surface area contributed by atoms with E-state index in [2.05, 4.69) is 31.0 Å². The van der Waals surface area contributed by atoms with E-state index in [1.165, 1.54) is 5.56 Å². The maximum Gasteiger partial charge on any atom is 0.180 e. The third kappa shape index (κ3) is 1.74. The summed E-state index contributed by atoms with van der Waals surface area (Å²) in [6.07, 6.45) is 1.33. The van der Waals surface area contributed by atoms with Crippen LogP contribution in [0.5, 0.6) is 0 Å². The molecule has 3 unspecified atom stereocenters. The normalized spacial score (nSPS) is 28.5. The first-order chi connectivity index (χ1) is 6.33. The largest absolute Gasteiger partial charge is 0.270 e. The zero-order valence-electron chi connectivity index (χ0n) is 8.10. The zero-order chi connectivity index (χ0) is 9.26.